The Morgan fingerprint density at radius 2 is 1.75 bits per heavy atom. The molecule has 0 radical (unpaired) electrons. The van der Waals surface area contributed by atoms with Crippen LogP contribution < -0.4 is 20.7 Å². The third-order valence-corrected chi connectivity index (χ3v) is 3.78. The maximum absolute atomic E-state index is 13.0. The summed E-state index contributed by atoms with van der Waals surface area (Å²) in [6.45, 7) is 6.15. The van der Waals surface area contributed by atoms with Gasteiger partial charge in [-0.25, -0.2) is 9.38 Å². The largest absolute Gasteiger partial charge is 0.484 e. The quantitative estimate of drug-likeness (QED) is 0.457. The number of amides is 1. The van der Waals surface area contributed by atoms with Crippen LogP contribution in [-0.4, -0.2) is 31.6 Å². The summed E-state index contributed by atoms with van der Waals surface area (Å²) in [6, 6.07) is 13.9. The van der Waals surface area contributed by atoms with Gasteiger partial charge in [0, 0.05) is 19.6 Å². The van der Waals surface area contributed by atoms with Gasteiger partial charge < -0.3 is 20.7 Å². The zero-order chi connectivity index (χ0) is 20.2. The zero-order valence-corrected chi connectivity index (χ0v) is 16.3. The predicted molar refractivity (Wildman–Crippen MR) is 109 cm³/mol. The topological polar surface area (TPSA) is 74.8 Å². The van der Waals surface area contributed by atoms with Crippen molar-refractivity contribution in [3.05, 3.63) is 65.5 Å². The second-order valence-electron chi connectivity index (χ2n) is 6.06. The number of ether oxygens (including phenoxy) is 1. The molecule has 0 spiro atoms. The average Bonchev–Trinajstić information content (AvgIpc) is 2.70. The number of aliphatic imine (C=N–C) groups is 1. The lowest BCUT2D eigenvalue weighted by Crippen LogP contribution is -2.36. The highest BCUT2D eigenvalue weighted by Crippen LogP contribution is 2.14. The molecule has 150 valence electrons. The minimum absolute atomic E-state index is 0.0115. The fraction of sp³-hybridized carbons (Fsp3) is 0.333. The van der Waals surface area contributed by atoms with E-state index in [4.69, 9.17) is 4.74 Å². The maximum atomic E-state index is 13.0. The molecule has 0 aliphatic rings. The average molecular weight is 386 g/mol. The third-order valence-electron chi connectivity index (χ3n) is 3.78. The summed E-state index contributed by atoms with van der Waals surface area (Å²) >= 11 is 0. The van der Waals surface area contributed by atoms with Gasteiger partial charge in [0.25, 0.3) is 5.91 Å². The summed E-state index contributed by atoms with van der Waals surface area (Å²) in [6.07, 6.45) is 0. The summed E-state index contributed by atoms with van der Waals surface area (Å²) in [4.78, 5) is 16.1. The van der Waals surface area contributed by atoms with Crippen LogP contribution in [0.1, 0.15) is 25.0 Å². The first-order valence-corrected chi connectivity index (χ1v) is 9.35. The summed E-state index contributed by atoms with van der Waals surface area (Å²) in [5, 5.41) is 9.10. The standard InChI is InChI=1S/C21H27FN4O2/c1-3-23-20(27)15-28-19-7-5-6-17(12-19)14-26-21(24-4-2)25-13-16-8-10-18(22)11-9-16/h5-12H,3-4,13-15H2,1-2H3,(H,23,27)(H2,24,25,26). The first-order chi connectivity index (χ1) is 13.6. The van der Waals surface area contributed by atoms with E-state index in [0.29, 0.717) is 31.3 Å². The van der Waals surface area contributed by atoms with Crippen molar-refractivity contribution in [1.29, 1.82) is 0 Å². The van der Waals surface area contributed by atoms with E-state index in [9.17, 15) is 9.18 Å². The van der Waals surface area contributed by atoms with E-state index < -0.39 is 0 Å². The Bertz CT molecular complexity index is 778. The van der Waals surface area contributed by atoms with Gasteiger partial charge >= 0.3 is 0 Å². The molecule has 0 aliphatic carbocycles. The van der Waals surface area contributed by atoms with Crippen LogP contribution in [0, 0.1) is 5.82 Å². The monoisotopic (exact) mass is 386 g/mol. The van der Waals surface area contributed by atoms with Crippen LogP contribution in [0.4, 0.5) is 4.39 Å². The Balaban J connectivity index is 1.93. The molecular weight excluding hydrogens is 359 g/mol. The van der Waals surface area contributed by atoms with Crippen LogP contribution in [0.3, 0.4) is 0 Å². The summed E-state index contributed by atoms with van der Waals surface area (Å²) in [7, 11) is 0. The number of carbonyl (C=O) groups excluding carboxylic acids is 1. The summed E-state index contributed by atoms with van der Waals surface area (Å²) in [5.41, 5.74) is 1.93. The highest BCUT2D eigenvalue weighted by Gasteiger charge is 2.03. The fourth-order valence-corrected chi connectivity index (χ4v) is 2.43. The molecule has 0 atom stereocenters. The van der Waals surface area contributed by atoms with Gasteiger partial charge in [-0.15, -0.1) is 0 Å². The van der Waals surface area contributed by atoms with Gasteiger partial charge in [-0.05, 0) is 49.2 Å². The van der Waals surface area contributed by atoms with E-state index in [2.05, 4.69) is 20.9 Å². The first-order valence-electron chi connectivity index (χ1n) is 9.35. The van der Waals surface area contributed by atoms with Crippen molar-refractivity contribution in [3.8, 4) is 5.75 Å². The van der Waals surface area contributed by atoms with E-state index >= 15 is 0 Å². The smallest absolute Gasteiger partial charge is 0.257 e. The number of carbonyl (C=O) groups is 1. The van der Waals surface area contributed by atoms with Gasteiger partial charge in [0.05, 0.1) is 6.54 Å². The number of nitrogens with one attached hydrogen (secondary N) is 3. The fourth-order valence-electron chi connectivity index (χ4n) is 2.43. The van der Waals surface area contributed by atoms with E-state index in [-0.39, 0.29) is 18.3 Å². The zero-order valence-electron chi connectivity index (χ0n) is 16.3. The molecule has 0 saturated heterocycles. The van der Waals surface area contributed by atoms with E-state index in [0.717, 1.165) is 17.7 Å². The maximum Gasteiger partial charge on any atom is 0.257 e. The number of benzene rings is 2. The van der Waals surface area contributed by atoms with Gasteiger partial charge in [0.15, 0.2) is 12.6 Å². The minimum atomic E-state index is -0.251. The highest BCUT2D eigenvalue weighted by atomic mass is 19.1. The Morgan fingerprint density at radius 3 is 2.46 bits per heavy atom. The number of likely N-dealkylation sites (N-methyl/N-ethyl adjacent to an activating group) is 1. The number of hydrogen-bond acceptors (Lipinski definition) is 3. The minimum Gasteiger partial charge on any atom is -0.484 e. The molecule has 0 fully saturated rings. The second-order valence-corrected chi connectivity index (χ2v) is 6.06. The van der Waals surface area contributed by atoms with Crippen LogP contribution in [0.2, 0.25) is 0 Å². The molecule has 0 heterocycles. The summed E-state index contributed by atoms with van der Waals surface area (Å²) < 4.78 is 18.5. The number of hydrogen-bond donors (Lipinski definition) is 3. The number of halogens is 1. The van der Waals surface area contributed by atoms with Gasteiger partial charge in [-0.2, -0.15) is 0 Å². The SMILES string of the molecule is CCNC(=O)COc1cccc(CN=C(NCC)NCc2ccc(F)cc2)c1. The molecule has 1 amide bonds. The van der Waals surface area contributed by atoms with Crippen molar-refractivity contribution in [2.75, 3.05) is 19.7 Å². The molecule has 28 heavy (non-hydrogen) atoms. The molecule has 7 heteroatoms. The molecule has 0 saturated carbocycles. The van der Waals surface area contributed by atoms with Gasteiger partial charge in [0.1, 0.15) is 11.6 Å². The van der Waals surface area contributed by atoms with Crippen molar-refractivity contribution in [1.82, 2.24) is 16.0 Å². The van der Waals surface area contributed by atoms with Gasteiger partial charge in [-0.3, -0.25) is 4.79 Å². The van der Waals surface area contributed by atoms with Crippen LogP contribution in [0.25, 0.3) is 0 Å². The summed E-state index contributed by atoms with van der Waals surface area (Å²) in [5.74, 6) is 0.896. The van der Waals surface area contributed by atoms with Crippen molar-refractivity contribution in [2.45, 2.75) is 26.9 Å². The second kappa shape index (κ2) is 11.6. The Labute approximate surface area is 165 Å². The van der Waals surface area contributed by atoms with Gasteiger partial charge in [-0.1, -0.05) is 24.3 Å². The lowest BCUT2D eigenvalue weighted by atomic mass is 10.2. The van der Waals surface area contributed by atoms with E-state index in [1.54, 1.807) is 12.1 Å². The molecule has 0 unspecified atom stereocenters. The molecular formula is C21H27FN4O2. The molecule has 0 bridgehead atoms. The molecule has 6 nitrogen and oxygen atoms in total. The molecule has 3 N–H and O–H groups in total. The highest BCUT2D eigenvalue weighted by molar-refractivity contribution is 5.79. The lowest BCUT2D eigenvalue weighted by molar-refractivity contribution is -0.122. The number of rotatable bonds is 9. The molecule has 2 aromatic carbocycles. The lowest BCUT2D eigenvalue weighted by Gasteiger charge is -2.12. The Kier molecular flexibility index (Phi) is 8.78. The number of nitrogens with zero attached hydrogens (tertiary/aromatic N) is 1. The third kappa shape index (κ3) is 7.65. The Hall–Kier alpha value is -3.09. The van der Waals surface area contributed by atoms with Crippen molar-refractivity contribution < 1.29 is 13.9 Å². The van der Waals surface area contributed by atoms with E-state index in [1.165, 1.54) is 12.1 Å². The van der Waals surface area contributed by atoms with Crippen molar-refractivity contribution in [3.63, 3.8) is 0 Å². The van der Waals surface area contributed by atoms with Crippen LogP contribution in [-0.2, 0) is 17.9 Å². The molecule has 2 rings (SSSR count). The first kappa shape index (κ1) is 21.2. The van der Waals surface area contributed by atoms with Crippen molar-refractivity contribution >= 4 is 11.9 Å². The normalized spacial score (nSPS) is 11.0. The van der Waals surface area contributed by atoms with Crippen LogP contribution in [0.5, 0.6) is 5.75 Å². The number of guanidine groups is 1. The van der Waals surface area contributed by atoms with Crippen LogP contribution in [0.15, 0.2) is 53.5 Å². The van der Waals surface area contributed by atoms with Gasteiger partial charge in [0.2, 0.25) is 0 Å². The Morgan fingerprint density at radius 1 is 1.00 bits per heavy atom. The predicted octanol–water partition coefficient (Wildman–Crippen LogP) is 2.60. The molecule has 2 aromatic rings. The van der Waals surface area contributed by atoms with Crippen LogP contribution >= 0.6 is 0 Å². The van der Waals surface area contributed by atoms with Crippen molar-refractivity contribution in [2.24, 2.45) is 4.99 Å². The molecule has 0 aromatic heterocycles. The van der Waals surface area contributed by atoms with E-state index in [1.807, 2.05) is 38.1 Å². The molecule has 0 aliphatic heterocycles.